The van der Waals surface area contributed by atoms with E-state index in [1.165, 1.54) is 0 Å². The molecule has 0 bridgehead atoms. The summed E-state index contributed by atoms with van der Waals surface area (Å²) in [6.45, 7) is 6.44. The highest BCUT2D eigenvalue weighted by molar-refractivity contribution is 5.35. The summed E-state index contributed by atoms with van der Waals surface area (Å²) in [7, 11) is 1.68. The van der Waals surface area contributed by atoms with Crippen LogP contribution in [-0.2, 0) is 0 Å². The van der Waals surface area contributed by atoms with Crippen LogP contribution in [0.3, 0.4) is 0 Å². The van der Waals surface area contributed by atoms with E-state index in [1.807, 2.05) is 24.3 Å². The summed E-state index contributed by atoms with van der Waals surface area (Å²) in [5.74, 6) is 1.28. The minimum Gasteiger partial charge on any atom is -0.496 e. The molecule has 96 valence electrons. The van der Waals surface area contributed by atoms with Gasteiger partial charge in [-0.25, -0.2) is 0 Å². The molecule has 1 unspecified atom stereocenters. The number of para-hydroxylation sites is 1. The number of hydrogen-bond acceptors (Lipinski definition) is 3. The van der Waals surface area contributed by atoms with Crippen LogP contribution < -0.4 is 10.1 Å². The van der Waals surface area contributed by atoms with Crippen molar-refractivity contribution in [1.82, 2.24) is 5.32 Å². The van der Waals surface area contributed by atoms with Crippen molar-refractivity contribution in [3.05, 3.63) is 29.8 Å². The highest BCUT2D eigenvalue weighted by Crippen LogP contribution is 2.25. The van der Waals surface area contributed by atoms with Crippen LogP contribution in [0, 0.1) is 5.92 Å². The van der Waals surface area contributed by atoms with E-state index in [4.69, 9.17) is 4.74 Å². The first-order chi connectivity index (χ1) is 8.10. The molecule has 0 aliphatic heterocycles. The van der Waals surface area contributed by atoms with E-state index in [9.17, 15) is 5.11 Å². The van der Waals surface area contributed by atoms with Gasteiger partial charge < -0.3 is 15.2 Å². The fraction of sp³-hybridized carbons (Fsp3) is 0.571. The summed E-state index contributed by atoms with van der Waals surface area (Å²) in [5.41, 5.74) is 1.12. The maximum absolute atomic E-state index is 9.32. The van der Waals surface area contributed by atoms with Gasteiger partial charge in [-0.15, -0.1) is 0 Å². The number of ether oxygens (including phenoxy) is 1. The van der Waals surface area contributed by atoms with Crippen LogP contribution in [-0.4, -0.2) is 24.9 Å². The molecule has 0 aromatic heterocycles. The van der Waals surface area contributed by atoms with Crippen molar-refractivity contribution >= 4 is 0 Å². The van der Waals surface area contributed by atoms with Gasteiger partial charge in [-0.3, -0.25) is 0 Å². The molecule has 0 aliphatic carbocycles. The Balaban J connectivity index is 2.78. The largest absolute Gasteiger partial charge is 0.496 e. The molecule has 3 heteroatoms. The topological polar surface area (TPSA) is 41.5 Å². The normalized spacial score (nSPS) is 14.7. The highest BCUT2D eigenvalue weighted by Gasteiger charge is 2.17. The Kier molecular flexibility index (Phi) is 5.45. The molecule has 0 saturated carbocycles. The molecule has 2 atom stereocenters. The number of aliphatic hydroxyl groups excluding tert-OH is 1. The van der Waals surface area contributed by atoms with Crippen LogP contribution in [0.1, 0.15) is 32.4 Å². The molecule has 17 heavy (non-hydrogen) atoms. The second kappa shape index (κ2) is 6.62. The van der Waals surface area contributed by atoms with E-state index in [0.717, 1.165) is 11.3 Å². The molecule has 0 saturated heterocycles. The average Bonchev–Trinajstić information content (AvgIpc) is 2.35. The van der Waals surface area contributed by atoms with Crippen LogP contribution in [0.5, 0.6) is 5.75 Å². The average molecular weight is 237 g/mol. The van der Waals surface area contributed by atoms with Gasteiger partial charge in [0.25, 0.3) is 0 Å². The molecular formula is C14H23NO2. The third-order valence-corrected chi connectivity index (χ3v) is 3.07. The number of rotatable bonds is 6. The van der Waals surface area contributed by atoms with Gasteiger partial charge in [0.15, 0.2) is 0 Å². The van der Waals surface area contributed by atoms with Crippen molar-refractivity contribution in [1.29, 1.82) is 0 Å². The van der Waals surface area contributed by atoms with Gasteiger partial charge >= 0.3 is 0 Å². The van der Waals surface area contributed by atoms with Gasteiger partial charge in [0.2, 0.25) is 0 Å². The van der Waals surface area contributed by atoms with Gasteiger partial charge in [-0.1, -0.05) is 32.0 Å². The number of aliphatic hydroxyl groups is 1. The standard InChI is InChI=1S/C14H23NO2/c1-10(2)13(9-16)15-11(3)12-7-5-6-8-14(12)17-4/h5-8,10-11,13,15-16H,9H2,1-4H3/t11?,13-/m1/s1. The molecule has 0 aliphatic rings. The van der Waals surface area contributed by atoms with E-state index >= 15 is 0 Å². The lowest BCUT2D eigenvalue weighted by molar-refractivity contribution is 0.201. The lowest BCUT2D eigenvalue weighted by Gasteiger charge is -2.25. The first kappa shape index (κ1) is 14.0. The SMILES string of the molecule is COc1ccccc1C(C)N[C@H](CO)C(C)C. The Bertz CT molecular complexity index is 339. The van der Waals surface area contributed by atoms with E-state index in [-0.39, 0.29) is 18.7 Å². The lowest BCUT2D eigenvalue weighted by Crippen LogP contribution is -2.38. The van der Waals surface area contributed by atoms with Gasteiger partial charge in [0.05, 0.1) is 13.7 Å². The molecule has 2 N–H and O–H groups in total. The molecule has 0 fully saturated rings. The number of methoxy groups -OCH3 is 1. The summed E-state index contributed by atoms with van der Waals surface area (Å²) in [6, 6.07) is 8.23. The van der Waals surface area contributed by atoms with Crippen molar-refractivity contribution < 1.29 is 9.84 Å². The fourth-order valence-corrected chi connectivity index (χ4v) is 1.89. The number of benzene rings is 1. The van der Waals surface area contributed by atoms with Crippen molar-refractivity contribution in [2.45, 2.75) is 32.9 Å². The second-order valence-corrected chi connectivity index (χ2v) is 4.66. The zero-order chi connectivity index (χ0) is 12.8. The molecular weight excluding hydrogens is 214 g/mol. The van der Waals surface area contributed by atoms with E-state index < -0.39 is 0 Å². The summed E-state index contributed by atoms with van der Waals surface area (Å²) in [4.78, 5) is 0. The van der Waals surface area contributed by atoms with Crippen LogP contribution in [0.4, 0.5) is 0 Å². The van der Waals surface area contributed by atoms with Crippen LogP contribution in [0.25, 0.3) is 0 Å². The molecule has 0 amide bonds. The summed E-state index contributed by atoms with van der Waals surface area (Å²) in [5, 5.41) is 12.8. The predicted molar refractivity (Wildman–Crippen MR) is 70.3 cm³/mol. The molecule has 0 spiro atoms. The van der Waals surface area contributed by atoms with E-state index in [0.29, 0.717) is 5.92 Å². The first-order valence-electron chi connectivity index (χ1n) is 6.10. The summed E-state index contributed by atoms with van der Waals surface area (Å²) >= 11 is 0. The Morgan fingerprint density at radius 3 is 2.41 bits per heavy atom. The third-order valence-electron chi connectivity index (χ3n) is 3.07. The smallest absolute Gasteiger partial charge is 0.123 e. The summed E-state index contributed by atoms with van der Waals surface area (Å²) < 4.78 is 5.34. The Morgan fingerprint density at radius 1 is 1.24 bits per heavy atom. The molecule has 1 rings (SSSR count). The predicted octanol–water partition coefficient (Wildman–Crippen LogP) is 2.36. The summed E-state index contributed by atoms with van der Waals surface area (Å²) in [6.07, 6.45) is 0. The van der Waals surface area contributed by atoms with Crippen molar-refractivity contribution in [2.24, 2.45) is 5.92 Å². The Hall–Kier alpha value is -1.06. The quantitative estimate of drug-likeness (QED) is 0.798. The van der Waals surface area contributed by atoms with Crippen molar-refractivity contribution in [2.75, 3.05) is 13.7 Å². The van der Waals surface area contributed by atoms with Crippen LogP contribution in [0.2, 0.25) is 0 Å². The van der Waals surface area contributed by atoms with Gasteiger partial charge in [0.1, 0.15) is 5.75 Å². The Morgan fingerprint density at radius 2 is 1.88 bits per heavy atom. The van der Waals surface area contributed by atoms with Crippen LogP contribution >= 0.6 is 0 Å². The number of nitrogens with one attached hydrogen (secondary N) is 1. The molecule has 1 aromatic rings. The Labute approximate surface area is 104 Å². The zero-order valence-corrected chi connectivity index (χ0v) is 11.1. The molecule has 0 radical (unpaired) electrons. The maximum atomic E-state index is 9.32. The lowest BCUT2D eigenvalue weighted by atomic mass is 10.0. The van der Waals surface area contributed by atoms with Gasteiger partial charge in [-0.2, -0.15) is 0 Å². The minimum atomic E-state index is 0.106. The first-order valence-corrected chi connectivity index (χ1v) is 6.10. The fourth-order valence-electron chi connectivity index (χ4n) is 1.89. The van der Waals surface area contributed by atoms with Crippen LogP contribution in [0.15, 0.2) is 24.3 Å². The maximum Gasteiger partial charge on any atom is 0.123 e. The number of hydrogen-bond donors (Lipinski definition) is 2. The second-order valence-electron chi connectivity index (χ2n) is 4.66. The van der Waals surface area contributed by atoms with Gasteiger partial charge in [0, 0.05) is 17.6 Å². The van der Waals surface area contributed by atoms with E-state index in [1.54, 1.807) is 7.11 Å². The van der Waals surface area contributed by atoms with Gasteiger partial charge in [-0.05, 0) is 18.9 Å². The minimum absolute atomic E-state index is 0.106. The van der Waals surface area contributed by atoms with Crippen molar-refractivity contribution in [3.8, 4) is 5.75 Å². The molecule has 3 nitrogen and oxygen atoms in total. The monoisotopic (exact) mass is 237 g/mol. The molecule has 0 heterocycles. The third kappa shape index (κ3) is 3.72. The highest BCUT2D eigenvalue weighted by atomic mass is 16.5. The zero-order valence-electron chi connectivity index (χ0n) is 11.1. The van der Waals surface area contributed by atoms with E-state index in [2.05, 4.69) is 26.1 Å². The molecule has 1 aromatic carbocycles. The van der Waals surface area contributed by atoms with Crippen molar-refractivity contribution in [3.63, 3.8) is 0 Å².